The summed E-state index contributed by atoms with van der Waals surface area (Å²) in [5.74, 6) is 0.535. The number of ether oxygens (including phenoxy) is 2. The summed E-state index contributed by atoms with van der Waals surface area (Å²) >= 11 is 0. The van der Waals surface area contributed by atoms with E-state index < -0.39 is 5.82 Å². The van der Waals surface area contributed by atoms with E-state index in [0.29, 0.717) is 30.2 Å². The Balaban J connectivity index is 2.04. The maximum Gasteiger partial charge on any atom is 0.167 e. The zero-order valence-electron chi connectivity index (χ0n) is 12.0. The molecule has 0 saturated carbocycles. The summed E-state index contributed by atoms with van der Waals surface area (Å²) in [7, 11) is 1.54. The van der Waals surface area contributed by atoms with Gasteiger partial charge in [0, 0.05) is 29.9 Å². The molecule has 0 aliphatic rings. The molecule has 0 radical (unpaired) electrons. The highest BCUT2D eigenvalue weighted by Gasteiger charge is 2.06. The predicted molar refractivity (Wildman–Crippen MR) is 79.6 cm³/mol. The van der Waals surface area contributed by atoms with Crippen molar-refractivity contribution in [2.75, 3.05) is 19.0 Å². The fourth-order valence-corrected chi connectivity index (χ4v) is 1.90. The number of benzene rings is 2. The number of hydrogen-bond donors (Lipinski definition) is 2. The fraction of sp³-hybridized carbons (Fsp3) is 0.250. The lowest BCUT2D eigenvalue weighted by Gasteiger charge is -2.11. The van der Waals surface area contributed by atoms with Crippen molar-refractivity contribution < 1.29 is 19.0 Å². The molecule has 0 aliphatic heterocycles. The predicted octanol–water partition coefficient (Wildman–Crippen LogP) is 3.55. The van der Waals surface area contributed by atoms with Gasteiger partial charge < -0.3 is 19.9 Å². The van der Waals surface area contributed by atoms with Gasteiger partial charge >= 0.3 is 0 Å². The molecular weight excluding hydrogens is 273 g/mol. The molecule has 4 nitrogen and oxygen atoms in total. The number of rotatable bonds is 6. The largest absolute Gasteiger partial charge is 0.507 e. The Bertz CT molecular complexity index is 616. The quantitative estimate of drug-likeness (QED) is 0.854. The number of aromatic hydroxyl groups is 1. The van der Waals surface area contributed by atoms with Gasteiger partial charge in [0.1, 0.15) is 11.5 Å². The molecule has 0 atom stereocenters. The number of nitrogens with one attached hydrogen (secondary N) is 1. The molecule has 2 rings (SSSR count). The van der Waals surface area contributed by atoms with Crippen molar-refractivity contribution in [3.8, 4) is 17.2 Å². The molecular formula is C16H18FNO3. The highest BCUT2D eigenvalue weighted by molar-refractivity contribution is 5.49. The van der Waals surface area contributed by atoms with Crippen molar-refractivity contribution in [1.82, 2.24) is 0 Å². The molecule has 0 bridgehead atoms. The van der Waals surface area contributed by atoms with Crippen LogP contribution in [0.5, 0.6) is 17.2 Å². The zero-order chi connectivity index (χ0) is 15.2. The Morgan fingerprint density at radius 3 is 2.62 bits per heavy atom. The molecule has 0 heterocycles. The minimum atomic E-state index is -0.416. The highest BCUT2D eigenvalue weighted by atomic mass is 19.1. The van der Waals surface area contributed by atoms with Gasteiger partial charge in [0.2, 0.25) is 0 Å². The Kier molecular flexibility index (Phi) is 4.87. The van der Waals surface area contributed by atoms with Gasteiger partial charge in [-0.25, -0.2) is 4.39 Å². The van der Waals surface area contributed by atoms with Crippen LogP contribution in [0.1, 0.15) is 12.5 Å². The monoisotopic (exact) mass is 291 g/mol. The Labute approximate surface area is 123 Å². The number of phenols is 1. The van der Waals surface area contributed by atoms with Crippen molar-refractivity contribution in [2.24, 2.45) is 0 Å². The molecule has 0 saturated heterocycles. The summed E-state index contributed by atoms with van der Waals surface area (Å²) in [4.78, 5) is 0. The number of hydrogen-bond acceptors (Lipinski definition) is 4. The van der Waals surface area contributed by atoms with E-state index in [0.717, 1.165) is 0 Å². The standard InChI is InChI=1S/C16H18FNO3/c1-3-21-16-7-5-12(8-14(16)17)18-10-11-4-6-13(20-2)9-15(11)19/h4-9,18-19H,3,10H2,1-2H3. The fourth-order valence-electron chi connectivity index (χ4n) is 1.90. The maximum atomic E-state index is 13.7. The lowest BCUT2D eigenvalue weighted by Crippen LogP contribution is -2.01. The summed E-state index contributed by atoms with van der Waals surface area (Å²) in [6, 6.07) is 9.73. The number of anilines is 1. The van der Waals surface area contributed by atoms with Gasteiger partial charge in [0.25, 0.3) is 0 Å². The normalized spacial score (nSPS) is 10.2. The number of methoxy groups -OCH3 is 1. The van der Waals surface area contributed by atoms with Crippen LogP contribution in [0.4, 0.5) is 10.1 Å². The second-order valence-corrected chi connectivity index (χ2v) is 4.43. The first-order valence-corrected chi connectivity index (χ1v) is 6.66. The smallest absolute Gasteiger partial charge is 0.167 e. The van der Waals surface area contributed by atoms with Gasteiger partial charge in [0.15, 0.2) is 11.6 Å². The molecule has 112 valence electrons. The molecule has 0 spiro atoms. The average molecular weight is 291 g/mol. The van der Waals surface area contributed by atoms with Crippen molar-refractivity contribution in [1.29, 1.82) is 0 Å². The Morgan fingerprint density at radius 2 is 2.00 bits per heavy atom. The van der Waals surface area contributed by atoms with E-state index in [1.807, 2.05) is 0 Å². The molecule has 0 amide bonds. The van der Waals surface area contributed by atoms with Crippen molar-refractivity contribution in [2.45, 2.75) is 13.5 Å². The number of phenolic OH excluding ortho intramolecular Hbond substituents is 1. The molecule has 0 aromatic heterocycles. The van der Waals surface area contributed by atoms with Crippen LogP contribution in [0.2, 0.25) is 0 Å². The second-order valence-electron chi connectivity index (χ2n) is 4.43. The molecule has 2 aromatic rings. The van der Waals surface area contributed by atoms with Crippen LogP contribution in [-0.4, -0.2) is 18.8 Å². The molecule has 21 heavy (non-hydrogen) atoms. The summed E-state index contributed by atoms with van der Waals surface area (Å²) in [6.07, 6.45) is 0. The third-order valence-electron chi connectivity index (χ3n) is 3.01. The van der Waals surface area contributed by atoms with Gasteiger partial charge in [-0.3, -0.25) is 0 Å². The van der Waals surface area contributed by atoms with Gasteiger partial charge in [-0.15, -0.1) is 0 Å². The van der Waals surface area contributed by atoms with Crippen LogP contribution in [0, 0.1) is 5.82 Å². The first kappa shape index (κ1) is 15.0. The summed E-state index contributed by atoms with van der Waals surface area (Å²) < 4.78 is 23.9. The summed E-state index contributed by atoms with van der Waals surface area (Å²) in [5, 5.41) is 12.9. The van der Waals surface area contributed by atoms with Crippen LogP contribution in [-0.2, 0) is 6.54 Å². The summed E-state index contributed by atoms with van der Waals surface area (Å²) in [5.41, 5.74) is 1.32. The molecule has 0 unspecified atom stereocenters. The van der Waals surface area contributed by atoms with E-state index in [2.05, 4.69) is 5.32 Å². The Hall–Kier alpha value is -2.43. The van der Waals surface area contributed by atoms with E-state index >= 15 is 0 Å². The minimum Gasteiger partial charge on any atom is -0.507 e. The zero-order valence-corrected chi connectivity index (χ0v) is 12.0. The van der Waals surface area contributed by atoms with Gasteiger partial charge in [0.05, 0.1) is 13.7 Å². The third-order valence-corrected chi connectivity index (χ3v) is 3.01. The topological polar surface area (TPSA) is 50.7 Å². The van der Waals surface area contributed by atoms with Gasteiger partial charge in [-0.1, -0.05) is 0 Å². The lowest BCUT2D eigenvalue weighted by molar-refractivity contribution is 0.321. The van der Waals surface area contributed by atoms with E-state index in [4.69, 9.17) is 9.47 Å². The van der Waals surface area contributed by atoms with E-state index in [1.54, 1.807) is 31.2 Å². The maximum absolute atomic E-state index is 13.7. The van der Waals surface area contributed by atoms with Crippen LogP contribution in [0.25, 0.3) is 0 Å². The van der Waals surface area contributed by atoms with Crippen LogP contribution >= 0.6 is 0 Å². The van der Waals surface area contributed by atoms with E-state index in [9.17, 15) is 9.50 Å². The third kappa shape index (κ3) is 3.78. The molecule has 2 N–H and O–H groups in total. The minimum absolute atomic E-state index is 0.133. The average Bonchev–Trinajstić information content (AvgIpc) is 2.48. The molecule has 0 aliphatic carbocycles. The first-order chi connectivity index (χ1) is 10.1. The van der Waals surface area contributed by atoms with Crippen LogP contribution in [0.3, 0.4) is 0 Å². The molecule has 5 heteroatoms. The molecule has 2 aromatic carbocycles. The lowest BCUT2D eigenvalue weighted by atomic mass is 10.2. The Morgan fingerprint density at radius 1 is 1.19 bits per heavy atom. The van der Waals surface area contributed by atoms with Gasteiger partial charge in [-0.05, 0) is 31.2 Å². The molecule has 0 fully saturated rings. The second kappa shape index (κ2) is 6.83. The van der Waals surface area contributed by atoms with Gasteiger partial charge in [-0.2, -0.15) is 0 Å². The summed E-state index contributed by atoms with van der Waals surface area (Å²) in [6.45, 7) is 2.60. The van der Waals surface area contributed by atoms with Crippen LogP contribution in [0.15, 0.2) is 36.4 Å². The SMILES string of the molecule is CCOc1ccc(NCc2ccc(OC)cc2O)cc1F. The highest BCUT2D eigenvalue weighted by Crippen LogP contribution is 2.25. The van der Waals surface area contributed by atoms with Crippen molar-refractivity contribution in [3.05, 3.63) is 47.8 Å². The van der Waals surface area contributed by atoms with E-state index in [-0.39, 0.29) is 11.5 Å². The van der Waals surface area contributed by atoms with Crippen molar-refractivity contribution in [3.63, 3.8) is 0 Å². The first-order valence-electron chi connectivity index (χ1n) is 6.66. The number of halogens is 1. The van der Waals surface area contributed by atoms with E-state index in [1.165, 1.54) is 19.2 Å². The van der Waals surface area contributed by atoms with Crippen LogP contribution < -0.4 is 14.8 Å². The van der Waals surface area contributed by atoms with Crippen molar-refractivity contribution >= 4 is 5.69 Å².